The van der Waals surface area contributed by atoms with Gasteiger partial charge in [-0.2, -0.15) is 0 Å². The molecular weight excluding hydrogens is 300 g/mol. The van der Waals surface area contributed by atoms with E-state index in [4.69, 9.17) is 9.56 Å². The van der Waals surface area contributed by atoms with Gasteiger partial charge in [0.15, 0.2) is 0 Å². The molecular formula is C16H14N2O3S. The molecule has 1 heterocycles. The van der Waals surface area contributed by atoms with Crippen molar-refractivity contribution in [3.8, 4) is 22.6 Å². The summed E-state index contributed by atoms with van der Waals surface area (Å²) in [4.78, 5) is 4.12. The summed E-state index contributed by atoms with van der Waals surface area (Å²) in [5.41, 5.74) is 2.81. The summed E-state index contributed by atoms with van der Waals surface area (Å²) >= 11 is 0. The second kappa shape index (κ2) is 5.40. The van der Waals surface area contributed by atoms with Crippen LogP contribution >= 0.6 is 0 Å². The van der Waals surface area contributed by atoms with Crippen LogP contribution in [0.2, 0.25) is 0 Å². The van der Waals surface area contributed by atoms with E-state index in [-0.39, 0.29) is 4.90 Å². The smallest absolute Gasteiger partial charge is 0.238 e. The minimum Gasteiger partial charge on any atom is -0.445 e. The third kappa shape index (κ3) is 2.66. The maximum atomic E-state index is 12.0. The molecule has 22 heavy (non-hydrogen) atoms. The fourth-order valence-electron chi connectivity index (χ4n) is 2.35. The maximum absolute atomic E-state index is 12.0. The van der Waals surface area contributed by atoms with Gasteiger partial charge in [0.25, 0.3) is 0 Å². The number of benzene rings is 2. The minimum absolute atomic E-state index is 0.0532. The van der Waals surface area contributed by atoms with Gasteiger partial charge in [-0.25, -0.2) is 18.5 Å². The van der Waals surface area contributed by atoms with E-state index in [1.807, 2.05) is 37.3 Å². The predicted octanol–water partition coefficient (Wildman–Crippen LogP) is 2.96. The average Bonchev–Trinajstić information content (AvgIpc) is 3.00. The van der Waals surface area contributed by atoms with Crippen molar-refractivity contribution in [1.82, 2.24) is 4.98 Å². The summed E-state index contributed by atoms with van der Waals surface area (Å²) in [6, 6.07) is 12.5. The van der Waals surface area contributed by atoms with E-state index in [2.05, 4.69) is 4.98 Å². The lowest BCUT2D eigenvalue weighted by Crippen LogP contribution is -2.14. The summed E-state index contributed by atoms with van der Waals surface area (Å²) in [6.45, 7) is 1.87. The van der Waals surface area contributed by atoms with Crippen LogP contribution in [-0.4, -0.2) is 13.4 Å². The molecule has 2 N–H and O–H groups in total. The van der Waals surface area contributed by atoms with Crippen LogP contribution in [0, 0.1) is 6.92 Å². The van der Waals surface area contributed by atoms with Gasteiger partial charge in [-0.15, -0.1) is 0 Å². The first-order chi connectivity index (χ1) is 10.5. The lowest BCUT2D eigenvalue weighted by Gasteiger charge is -2.12. The molecule has 3 aromatic rings. The third-order valence-corrected chi connectivity index (χ3v) is 4.33. The van der Waals surface area contributed by atoms with E-state index in [1.165, 1.54) is 18.5 Å². The van der Waals surface area contributed by atoms with Crippen molar-refractivity contribution in [3.63, 3.8) is 0 Å². The Kier molecular flexibility index (Phi) is 3.56. The van der Waals surface area contributed by atoms with Crippen molar-refractivity contribution in [2.24, 2.45) is 5.14 Å². The summed E-state index contributed by atoms with van der Waals surface area (Å²) in [6.07, 6.45) is 2.95. The number of primary sulfonamides is 1. The molecule has 0 radical (unpaired) electrons. The highest BCUT2D eigenvalue weighted by Gasteiger charge is 2.19. The second-order valence-corrected chi connectivity index (χ2v) is 6.44. The van der Waals surface area contributed by atoms with E-state index < -0.39 is 10.0 Å². The molecule has 1 aromatic heterocycles. The first-order valence-electron chi connectivity index (χ1n) is 6.59. The van der Waals surface area contributed by atoms with Gasteiger partial charge in [0, 0.05) is 11.1 Å². The van der Waals surface area contributed by atoms with Crippen LogP contribution in [0.3, 0.4) is 0 Å². The van der Waals surface area contributed by atoms with Gasteiger partial charge in [-0.05, 0) is 30.2 Å². The molecule has 5 nitrogen and oxygen atoms in total. The first-order valence-corrected chi connectivity index (χ1v) is 8.14. The van der Waals surface area contributed by atoms with Crippen LogP contribution in [0.5, 0.6) is 0 Å². The molecule has 112 valence electrons. The van der Waals surface area contributed by atoms with Crippen molar-refractivity contribution in [2.75, 3.05) is 0 Å². The topological polar surface area (TPSA) is 86.2 Å². The first kappa shape index (κ1) is 14.5. The molecule has 0 unspecified atom stereocenters. The van der Waals surface area contributed by atoms with Crippen molar-refractivity contribution in [2.45, 2.75) is 11.8 Å². The van der Waals surface area contributed by atoms with E-state index in [0.29, 0.717) is 17.0 Å². The highest BCUT2D eigenvalue weighted by atomic mass is 32.2. The molecule has 0 aliphatic rings. The predicted molar refractivity (Wildman–Crippen MR) is 83.5 cm³/mol. The fraction of sp³-hybridized carbons (Fsp3) is 0.0625. The van der Waals surface area contributed by atoms with E-state index in [1.54, 1.807) is 6.07 Å². The Bertz CT molecular complexity index is 902. The Morgan fingerprint density at radius 1 is 1.09 bits per heavy atom. The zero-order valence-corrected chi connectivity index (χ0v) is 12.7. The number of sulfonamides is 1. The summed E-state index contributed by atoms with van der Waals surface area (Å²) in [5, 5.41) is 5.39. The Hall–Kier alpha value is -2.44. The standard InChI is InChI=1S/C16H14N2O3S/c1-11-9-14(12-5-3-2-4-6-12)15(22(17,19)20)10-13(11)16-18-7-8-21-16/h2-10H,1H3,(H2,17,19,20). The van der Waals surface area contributed by atoms with Gasteiger partial charge >= 0.3 is 0 Å². The molecule has 6 heteroatoms. The number of nitrogens with zero attached hydrogens (tertiary/aromatic N) is 1. The number of nitrogens with two attached hydrogens (primary N) is 1. The number of aryl methyl sites for hydroxylation is 1. The highest BCUT2D eigenvalue weighted by molar-refractivity contribution is 7.89. The van der Waals surface area contributed by atoms with E-state index in [9.17, 15) is 8.42 Å². The number of aromatic nitrogens is 1. The molecule has 0 aliphatic heterocycles. The van der Waals surface area contributed by atoms with Crippen LogP contribution in [0.15, 0.2) is 64.2 Å². The number of oxazole rings is 1. The Morgan fingerprint density at radius 2 is 1.82 bits per heavy atom. The number of hydrogen-bond donors (Lipinski definition) is 1. The molecule has 0 amide bonds. The second-order valence-electron chi connectivity index (χ2n) is 4.91. The van der Waals surface area contributed by atoms with Gasteiger partial charge in [0.1, 0.15) is 6.26 Å². The number of rotatable bonds is 3. The Labute approximate surface area is 128 Å². The summed E-state index contributed by atoms with van der Waals surface area (Å²) in [7, 11) is -3.88. The lowest BCUT2D eigenvalue weighted by atomic mass is 9.99. The highest BCUT2D eigenvalue weighted by Crippen LogP contribution is 2.33. The molecule has 0 fully saturated rings. The quantitative estimate of drug-likeness (QED) is 0.805. The monoisotopic (exact) mass is 314 g/mol. The van der Waals surface area contributed by atoms with Crippen molar-refractivity contribution >= 4 is 10.0 Å². The van der Waals surface area contributed by atoms with Gasteiger partial charge in [0.2, 0.25) is 15.9 Å². The lowest BCUT2D eigenvalue weighted by molar-refractivity contribution is 0.574. The van der Waals surface area contributed by atoms with Crippen LogP contribution < -0.4 is 5.14 Å². The summed E-state index contributed by atoms with van der Waals surface area (Å²) in [5.74, 6) is 0.363. The molecule has 0 saturated heterocycles. The largest absolute Gasteiger partial charge is 0.445 e. The zero-order valence-electron chi connectivity index (χ0n) is 11.9. The van der Waals surface area contributed by atoms with Crippen molar-refractivity contribution in [3.05, 3.63) is 60.5 Å². The molecule has 0 spiro atoms. The molecule has 3 rings (SSSR count). The van der Waals surface area contributed by atoms with Crippen molar-refractivity contribution in [1.29, 1.82) is 0 Å². The molecule has 2 aromatic carbocycles. The van der Waals surface area contributed by atoms with Gasteiger partial charge in [0.05, 0.1) is 11.1 Å². The van der Waals surface area contributed by atoms with E-state index in [0.717, 1.165) is 11.1 Å². The molecule has 0 saturated carbocycles. The number of hydrogen-bond acceptors (Lipinski definition) is 4. The summed E-state index contributed by atoms with van der Waals surface area (Å²) < 4.78 is 29.2. The average molecular weight is 314 g/mol. The molecule has 0 atom stereocenters. The van der Waals surface area contributed by atoms with E-state index >= 15 is 0 Å². The fourth-order valence-corrected chi connectivity index (χ4v) is 3.12. The molecule has 0 aliphatic carbocycles. The van der Waals surface area contributed by atoms with Crippen LogP contribution in [0.4, 0.5) is 0 Å². The maximum Gasteiger partial charge on any atom is 0.238 e. The minimum atomic E-state index is -3.88. The van der Waals surface area contributed by atoms with Gasteiger partial charge in [-0.1, -0.05) is 30.3 Å². The Morgan fingerprint density at radius 3 is 2.41 bits per heavy atom. The SMILES string of the molecule is Cc1cc(-c2ccccc2)c(S(N)(=O)=O)cc1-c1ncco1. The molecule has 0 bridgehead atoms. The van der Waals surface area contributed by atoms with Crippen LogP contribution in [-0.2, 0) is 10.0 Å². The zero-order chi connectivity index (χ0) is 15.7. The van der Waals surface area contributed by atoms with Gasteiger partial charge in [-0.3, -0.25) is 0 Å². The Balaban J connectivity index is 2.30. The van der Waals surface area contributed by atoms with Crippen molar-refractivity contribution < 1.29 is 12.8 Å². The van der Waals surface area contributed by atoms with Crippen LogP contribution in [0.1, 0.15) is 5.56 Å². The van der Waals surface area contributed by atoms with Crippen LogP contribution in [0.25, 0.3) is 22.6 Å². The van der Waals surface area contributed by atoms with Gasteiger partial charge < -0.3 is 4.42 Å². The third-order valence-electron chi connectivity index (χ3n) is 3.38. The normalized spacial score (nSPS) is 11.5.